The number of rotatable bonds is 12. The molecule has 0 saturated carbocycles. The Morgan fingerprint density at radius 1 is 0.927 bits per heavy atom. The molecule has 0 bridgehead atoms. The lowest BCUT2D eigenvalue weighted by Crippen LogP contribution is -2.29. The maximum absolute atomic E-state index is 14.0. The highest BCUT2D eigenvalue weighted by molar-refractivity contribution is 5.96. The molecule has 0 aliphatic carbocycles. The van der Waals surface area contributed by atoms with Crippen molar-refractivity contribution in [1.82, 2.24) is 4.57 Å². The maximum atomic E-state index is 14.0. The molecule has 0 fully saturated rings. The Labute approximate surface area is 239 Å². The monoisotopic (exact) mass is 557 g/mol. The number of aliphatic hydroxyl groups excluding tert-OH is 2. The van der Waals surface area contributed by atoms with Gasteiger partial charge in [0.15, 0.2) is 5.75 Å². The number of carboxylic acids is 1. The van der Waals surface area contributed by atoms with Crippen molar-refractivity contribution in [3.8, 4) is 28.1 Å². The van der Waals surface area contributed by atoms with Gasteiger partial charge < -0.3 is 29.4 Å². The van der Waals surface area contributed by atoms with Crippen LogP contribution in [0.5, 0.6) is 5.75 Å². The van der Waals surface area contributed by atoms with Crippen LogP contribution in [0.15, 0.2) is 84.9 Å². The van der Waals surface area contributed by atoms with Crippen LogP contribution in [-0.2, 0) is 11.3 Å². The zero-order valence-corrected chi connectivity index (χ0v) is 23.1. The Hall–Kier alpha value is -4.27. The Bertz CT molecular complexity index is 1470. The number of nitrogens with one attached hydrogen (secondary N) is 1. The van der Waals surface area contributed by atoms with E-state index in [4.69, 9.17) is 10.1 Å². The highest BCUT2D eigenvalue weighted by Gasteiger charge is 2.29. The minimum absolute atomic E-state index is 0.0297. The van der Waals surface area contributed by atoms with Gasteiger partial charge in [0.2, 0.25) is 5.90 Å². The van der Waals surface area contributed by atoms with Crippen molar-refractivity contribution in [1.29, 1.82) is 5.41 Å². The minimum atomic E-state index is -1.38. The van der Waals surface area contributed by atoms with Gasteiger partial charge in [-0.2, -0.15) is 0 Å². The zero-order chi connectivity index (χ0) is 29.5. The van der Waals surface area contributed by atoms with Crippen LogP contribution in [0.2, 0.25) is 0 Å². The molecule has 8 heteroatoms. The van der Waals surface area contributed by atoms with Gasteiger partial charge in [0.25, 0.3) is 0 Å². The molecular weight excluding hydrogens is 523 g/mol. The second kappa shape index (κ2) is 13.4. The number of carboxylic acid groups (broad SMARTS) is 1. The van der Waals surface area contributed by atoms with Crippen LogP contribution in [0.25, 0.3) is 22.4 Å². The van der Waals surface area contributed by atoms with E-state index < -0.39 is 24.6 Å². The van der Waals surface area contributed by atoms with Crippen molar-refractivity contribution in [2.75, 3.05) is 0 Å². The first-order valence-corrected chi connectivity index (χ1v) is 13.6. The number of aromatic nitrogens is 1. The molecule has 7 nitrogen and oxygen atoms in total. The molecule has 0 aliphatic heterocycles. The van der Waals surface area contributed by atoms with Crippen LogP contribution in [0, 0.1) is 11.2 Å². The summed E-state index contributed by atoms with van der Waals surface area (Å²) in [6.07, 6.45) is -2.69. The molecule has 3 N–H and O–H groups in total. The van der Waals surface area contributed by atoms with E-state index in [1.54, 1.807) is 24.3 Å². The molecule has 0 saturated heterocycles. The predicted octanol–water partition coefficient (Wildman–Crippen LogP) is 5.13. The van der Waals surface area contributed by atoms with Crippen molar-refractivity contribution >= 4 is 11.9 Å². The van der Waals surface area contributed by atoms with Gasteiger partial charge in [0.05, 0.1) is 29.2 Å². The van der Waals surface area contributed by atoms with E-state index in [0.717, 1.165) is 28.1 Å². The van der Waals surface area contributed by atoms with E-state index in [2.05, 4.69) is 0 Å². The van der Waals surface area contributed by atoms with Crippen LogP contribution < -0.4 is 9.84 Å². The molecule has 4 rings (SSSR count). The SMILES string of the molecule is CC(C)c1c(OC(=N)c2ccccc2)c(-c2ccccc2)c(-c2ccc(F)cc2)n1CC[C@@H](O)C[C@@H](O)CC(=O)[O-]. The summed E-state index contributed by atoms with van der Waals surface area (Å²) in [6.45, 7) is 4.31. The summed E-state index contributed by atoms with van der Waals surface area (Å²) < 4.78 is 22.4. The van der Waals surface area contributed by atoms with Gasteiger partial charge in [-0.1, -0.05) is 62.4 Å². The van der Waals surface area contributed by atoms with Crippen LogP contribution in [0.3, 0.4) is 0 Å². The Morgan fingerprint density at radius 2 is 1.54 bits per heavy atom. The first-order chi connectivity index (χ1) is 19.7. The van der Waals surface area contributed by atoms with Crippen molar-refractivity contribution < 1.29 is 29.2 Å². The summed E-state index contributed by atoms with van der Waals surface area (Å²) in [5.74, 6) is -1.38. The number of hydrogen-bond acceptors (Lipinski definition) is 6. The highest BCUT2D eigenvalue weighted by atomic mass is 19.1. The average molecular weight is 558 g/mol. The predicted molar refractivity (Wildman–Crippen MR) is 154 cm³/mol. The first kappa shape index (κ1) is 29.7. The van der Waals surface area contributed by atoms with E-state index in [0.29, 0.717) is 17.9 Å². The van der Waals surface area contributed by atoms with Crippen molar-refractivity contribution in [3.05, 3.63) is 102 Å². The largest absolute Gasteiger partial charge is 0.550 e. The van der Waals surface area contributed by atoms with E-state index in [1.807, 2.05) is 66.9 Å². The molecule has 3 aromatic carbocycles. The number of halogens is 1. The molecule has 0 amide bonds. The Kier molecular flexibility index (Phi) is 9.70. The van der Waals surface area contributed by atoms with Crippen LogP contribution in [0.1, 0.15) is 50.3 Å². The zero-order valence-electron chi connectivity index (χ0n) is 23.1. The number of benzene rings is 3. The maximum Gasteiger partial charge on any atom is 0.219 e. The summed E-state index contributed by atoms with van der Waals surface area (Å²) in [5, 5.41) is 40.4. The Balaban J connectivity index is 1.88. The van der Waals surface area contributed by atoms with Crippen molar-refractivity contribution in [2.24, 2.45) is 0 Å². The van der Waals surface area contributed by atoms with Gasteiger partial charge in [0.1, 0.15) is 5.82 Å². The molecule has 0 unspecified atom stereocenters. The molecule has 1 heterocycles. The van der Waals surface area contributed by atoms with Crippen LogP contribution in [0.4, 0.5) is 4.39 Å². The van der Waals surface area contributed by atoms with E-state index in [9.17, 15) is 24.5 Å². The molecule has 4 aromatic rings. The van der Waals surface area contributed by atoms with Gasteiger partial charge in [0, 0.05) is 24.5 Å². The number of carbonyl (C=O) groups excluding carboxylic acids is 1. The second-order valence-corrected chi connectivity index (χ2v) is 10.3. The average Bonchev–Trinajstić information content (AvgIpc) is 3.26. The minimum Gasteiger partial charge on any atom is -0.550 e. The van der Waals surface area contributed by atoms with Crippen molar-refractivity contribution in [2.45, 2.75) is 57.8 Å². The van der Waals surface area contributed by atoms with Gasteiger partial charge in [-0.3, -0.25) is 5.41 Å². The summed E-state index contributed by atoms with van der Waals surface area (Å²) in [4.78, 5) is 10.9. The number of hydrogen-bond donors (Lipinski definition) is 3. The smallest absolute Gasteiger partial charge is 0.219 e. The van der Waals surface area contributed by atoms with Gasteiger partial charge in [-0.25, -0.2) is 4.39 Å². The summed E-state index contributed by atoms with van der Waals surface area (Å²) in [7, 11) is 0. The second-order valence-electron chi connectivity index (χ2n) is 10.3. The summed E-state index contributed by atoms with van der Waals surface area (Å²) in [5.41, 5.74) is 4.42. The van der Waals surface area contributed by atoms with Gasteiger partial charge >= 0.3 is 0 Å². The normalized spacial score (nSPS) is 12.7. The van der Waals surface area contributed by atoms with Crippen LogP contribution >= 0.6 is 0 Å². The third kappa shape index (κ3) is 7.28. The molecule has 1 aromatic heterocycles. The number of carbonyl (C=O) groups is 1. The third-order valence-electron chi connectivity index (χ3n) is 6.86. The topological polar surface area (TPSA) is 119 Å². The molecule has 0 radical (unpaired) electrons. The lowest BCUT2D eigenvalue weighted by atomic mass is 9.99. The fourth-order valence-corrected chi connectivity index (χ4v) is 5.04. The molecular formula is C33H34FN2O5-. The van der Waals surface area contributed by atoms with Gasteiger partial charge in [-0.15, -0.1) is 0 Å². The van der Waals surface area contributed by atoms with E-state index in [1.165, 1.54) is 12.1 Å². The number of aliphatic hydroxyl groups is 2. The first-order valence-electron chi connectivity index (χ1n) is 13.6. The Morgan fingerprint density at radius 3 is 2.12 bits per heavy atom. The third-order valence-corrected chi connectivity index (χ3v) is 6.86. The lowest BCUT2D eigenvalue weighted by molar-refractivity contribution is -0.307. The van der Waals surface area contributed by atoms with Gasteiger partial charge in [-0.05, 0) is 66.3 Å². The number of ether oxygens (including phenoxy) is 1. The van der Waals surface area contributed by atoms with Crippen LogP contribution in [-0.4, -0.2) is 38.9 Å². The standard InChI is InChI=1S/C33H35FN2O5/c1-21(2)30-32(41-33(35)24-11-7-4-8-12-24)29(22-9-5-3-6-10-22)31(23-13-15-25(34)16-14-23)36(30)18-17-26(37)19-27(38)20-28(39)40/h3-16,21,26-27,35,37-38H,17-20H2,1-2H3,(H,39,40)/p-1/t26-,27-/m1/s1. The molecule has 2 atom stereocenters. The lowest BCUT2D eigenvalue weighted by Gasteiger charge is -2.20. The highest BCUT2D eigenvalue weighted by Crippen LogP contribution is 2.47. The van der Waals surface area contributed by atoms with E-state index in [-0.39, 0.29) is 30.5 Å². The summed E-state index contributed by atoms with van der Waals surface area (Å²) >= 11 is 0. The molecule has 0 spiro atoms. The fraction of sp³-hybridized carbons (Fsp3) is 0.273. The number of nitrogens with zero attached hydrogens (tertiary/aromatic N) is 1. The summed E-state index contributed by atoms with van der Waals surface area (Å²) in [6, 6.07) is 24.9. The molecule has 214 valence electrons. The van der Waals surface area contributed by atoms with Crippen molar-refractivity contribution in [3.63, 3.8) is 0 Å². The number of aliphatic carboxylic acids is 1. The quantitative estimate of drug-likeness (QED) is 0.165. The fourth-order valence-electron chi connectivity index (χ4n) is 5.04. The molecule has 0 aliphatic rings. The van der Waals surface area contributed by atoms with E-state index >= 15 is 0 Å². The molecule has 41 heavy (non-hydrogen) atoms.